The highest BCUT2D eigenvalue weighted by Crippen LogP contribution is 2.29. The third-order valence-electron chi connectivity index (χ3n) is 10.3. The Balaban J connectivity index is 1.80. The van der Waals surface area contributed by atoms with Crippen LogP contribution in [0.3, 0.4) is 0 Å². The first-order valence-corrected chi connectivity index (χ1v) is 22.5. The molecule has 0 aromatic carbocycles. The van der Waals surface area contributed by atoms with E-state index in [0.717, 1.165) is 70.6 Å². The minimum atomic E-state index is -1.80. The van der Waals surface area contributed by atoms with Gasteiger partial charge in [0.05, 0.1) is 32.0 Å². The van der Waals surface area contributed by atoms with Crippen molar-refractivity contribution in [2.24, 2.45) is 0 Å². The highest BCUT2D eigenvalue weighted by Gasteiger charge is 2.50. The molecule has 12 unspecified atom stereocenters. The number of allylic oxidation sites excluding steroid dienone is 15. The van der Waals surface area contributed by atoms with Gasteiger partial charge in [0.15, 0.2) is 12.6 Å². The molecule has 0 aromatic heterocycles. The summed E-state index contributed by atoms with van der Waals surface area (Å²) in [6.07, 6.45) is 28.1. The van der Waals surface area contributed by atoms with E-state index in [-0.39, 0.29) is 18.9 Å². The Bertz CT molecular complexity index is 1410. The number of carbonyl (C=O) groups is 1. The topological polar surface area (TPSA) is 228 Å². The van der Waals surface area contributed by atoms with E-state index in [4.69, 9.17) is 18.9 Å². The average Bonchev–Trinajstić information content (AvgIpc) is 3.27. The number of amides is 1. The second kappa shape index (κ2) is 34.3. The molecule has 0 aromatic rings. The maximum atomic E-state index is 13.0. The van der Waals surface area contributed by atoms with Gasteiger partial charge in [0.25, 0.3) is 0 Å². The van der Waals surface area contributed by atoms with E-state index in [2.05, 4.69) is 98.2 Å². The summed E-state index contributed by atoms with van der Waals surface area (Å²) in [4.78, 5) is 13.0. The first kappa shape index (κ1) is 55.0. The van der Waals surface area contributed by atoms with Crippen LogP contribution >= 0.6 is 0 Å². The van der Waals surface area contributed by atoms with Gasteiger partial charge < -0.3 is 65.1 Å². The van der Waals surface area contributed by atoms with Crippen LogP contribution in [0.5, 0.6) is 0 Å². The summed E-state index contributed by atoms with van der Waals surface area (Å²) in [5, 5.41) is 85.9. The normalized spacial score (nSPS) is 28.7. The Morgan fingerprint density at radius 3 is 1.63 bits per heavy atom. The summed E-state index contributed by atoms with van der Waals surface area (Å²) in [5.74, 6) is -0.311. The fourth-order valence-electron chi connectivity index (χ4n) is 6.57. The Hall–Kier alpha value is -3.09. The van der Waals surface area contributed by atoms with Crippen LogP contribution in [-0.4, -0.2) is 140 Å². The lowest BCUT2D eigenvalue weighted by molar-refractivity contribution is -0.359. The van der Waals surface area contributed by atoms with Gasteiger partial charge in [0.1, 0.15) is 48.8 Å². The number of carbonyl (C=O) groups excluding carboxylic acids is 1. The SMILES string of the molecule is CC/C=C\C/C=C\C/C=C\C/C=C\C/C=C\C/C=C\C/C=C\CCCC(=O)NC(COC1OC(CO)C(OC2OC(CO)C(O)C(O)C2O)C(O)C1O)C(O)/C=C/CCCCC. The zero-order valence-corrected chi connectivity index (χ0v) is 36.8. The molecule has 62 heavy (non-hydrogen) atoms. The summed E-state index contributed by atoms with van der Waals surface area (Å²) in [6, 6.07) is -0.947. The van der Waals surface area contributed by atoms with Gasteiger partial charge in [-0.1, -0.05) is 124 Å². The van der Waals surface area contributed by atoms with Crippen molar-refractivity contribution < 1.29 is 64.6 Å². The number of hydrogen-bond donors (Lipinski definition) is 9. The molecule has 352 valence electrons. The molecule has 12 atom stereocenters. The second-order valence-corrected chi connectivity index (χ2v) is 15.4. The Morgan fingerprint density at radius 2 is 1.10 bits per heavy atom. The molecule has 2 aliphatic rings. The first-order valence-electron chi connectivity index (χ1n) is 22.5. The predicted octanol–water partition coefficient (Wildman–Crippen LogP) is 4.42. The molecule has 2 saturated heterocycles. The molecule has 0 bridgehead atoms. The number of nitrogens with one attached hydrogen (secondary N) is 1. The van der Waals surface area contributed by atoms with Crippen LogP contribution in [0.2, 0.25) is 0 Å². The van der Waals surface area contributed by atoms with Gasteiger partial charge in [-0.15, -0.1) is 0 Å². The molecule has 0 spiro atoms. The van der Waals surface area contributed by atoms with E-state index in [0.29, 0.717) is 12.8 Å². The van der Waals surface area contributed by atoms with Crippen LogP contribution in [0.15, 0.2) is 97.2 Å². The summed E-state index contributed by atoms with van der Waals surface area (Å²) in [7, 11) is 0. The molecule has 2 fully saturated rings. The molecule has 0 aliphatic carbocycles. The third kappa shape index (κ3) is 22.0. The van der Waals surface area contributed by atoms with Crippen LogP contribution in [0.25, 0.3) is 0 Å². The lowest BCUT2D eigenvalue weighted by atomic mass is 9.97. The van der Waals surface area contributed by atoms with Gasteiger partial charge in [0.2, 0.25) is 5.91 Å². The number of unbranched alkanes of at least 4 members (excludes halogenated alkanes) is 4. The smallest absolute Gasteiger partial charge is 0.220 e. The van der Waals surface area contributed by atoms with Crippen molar-refractivity contribution >= 4 is 5.91 Å². The maximum absolute atomic E-state index is 13.0. The molecule has 2 rings (SSSR count). The molecular formula is C48H77NO13. The molecule has 0 saturated carbocycles. The van der Waals surface area contributed by atoms with Crippen LogP contribution < -0.4 is 5.32 Å². The highest BCUT2D eigenvalue weighted by molar-refractivity contribution is 5.76. The molecule has 14 nitrogen and oxygen atoms in total. The minimum absolute atomic E-state index is 0.193. The summed E-state index contributed by atoms with van der Waals surface area (Å²) < 4.78 is 22.5. The van der Waals surface area contributed by atoms with Crippen molar-refractivity contribution in [1.29, 1.82) is 0 Å². The summed E-state index contributed by atoms with van der Waals surface area (Å²) in [6.45, 7) is 2.46. The van der Waals surface area contributed by atoms with Crippen molar-refractivity contribution in [2.75, 3.05) is 19.8 Å². The monoisotopic (exact) mass is 876 g/mol. The number of ether oxygens (including phenoxy) is 4. The third-order valence-corrected chi connectivity index (χ3v) is 10.3. The lowest BCUT2D eigenvalue weighted by Gasteiger charge is -2.46. The highest BCUT2D eigenvalue weighted by atomic mass is 16.7. The van der Waals surface area contributed by atoms with Crippen molar-refractivity contribution in [3.8, 4) is 0 Å². The molecule has 0 radical (unpaired) electrons. The van der Waals surface area contributed by atoms with Gasteiger partial charge in [-0.05, 0) is 70.6 Å². The maximum Gasteiger partial charge on any atom is 0.220 e. The van der Waals surface area contributed by atoms with Crippen LogP contribution in [0, 0.1) is 0 Å². The number of aliphatic hydroxyl groups excluding tert-OH is 8. The van der Waals surface area contributed by atoms with Crippen molar-refractivity contribution in [1.82, 2.24) is 5.32 Å². The molecule has 2 aliphatic heterocycles. The predicted molar refractivity (Wildman–Crippen MR) is 239 cm³/mol. The molecule has 1 amide bonds. The molecular weight excluding hydrogens is 799 g/mol. The van der Waals surface area contributed by atoms with Crippen LogP contribution in [0.4, 0.5) is 0 Å². The van der Waals surface area contributed by atoms with Gasteiger partial charge in [-0.2, -0.15) is 0 Å². The van der Waals surface area contributed by atoms with Gasteiger partial charge in [0, 0.05) is 6.42 Å². The first-order chi connectivity index (χ1) is 30.1. The van der Waals surface area contributed by atoms with Crippen LogP contribution in [-0.2, 0) is 23.7 Å². The van der Waals surface area contributed by atoms with Crippen molar-refractivity contribution in [2.45, 2.75) is 177 Å². The summed E-state index contributed by atoms with van der Waals surface area (Å²) >= 11 is 0. The zero-order valence-electron chi connectivity index (χ0n) is 36.8. The fraction of sp³-hybridized carbons (Fsp3) is 0.646. The van der Waals surface area contributed by atoms with Gasteiger partial charge >= 0.3 is 0 Å². The Morgan fingerprint density at radius 1 is 0.597 bits per heavy atom. The quantitative estimate of drug-likeness (QED) is 0.0348. The second-order valence-electron chi connectivity index (χ2n) is 15.4. The molecule has 2 heterocycles. The fourth-order valence-corrected chi connectivity index (χ4v) is 6.57. The average molecular weight is 876 g/mol. The van der Waals surface area contributed by atoms with Crippen LogP contribution in [0.1, 0.15) is 104 Å². The van der Waals surface area contributed by atoms with E-state index < -0.39 is 86.8 Å². The standard InChI is InChI=1S/C48H77NO13/c1-3-5-7-9-10-11-12-13-14-15-16-17-18-19-20-21-22-23-24-25-26-28-30-32-40(53)49-36(37(52)31-29-27-8-6-4-2)35-59-47-45(58)43(56)46(39(34-51)61-47)62-48-44(57)42(55)41(54)38(33-50)60-48/h5,7,10-11,13-14,16-17,19-20,22-23,25-26,29,31,36-39,41-48,50-52,54-58H,3-4,6,8-9,12,15,18,21,24,27-28,30,32-35H2,1-2H3,(H,49,53)/b7-5-,11-10-,14-13-,17-16-,20-19-,23-22-,26-25-,31-29+. The summed E-state index contributed by atoms with van der Waals surface area (Å²) in [5.41, 5.74) is 0. The molecule has 9 N–H and O–H groups in total. The van der Waals surface area contributed by atoms with E-state index in [1.54, 1.807) is 6.08 Å². The van der Waals surface area contributed by atoms with Crippen molar-refractivity contribution in [3.63, 3.8) is 0 Å². The van der Waals surface area contributed by atoms with Gasteiger partial charge in [-0.25, -0.2) is 0 Å². The van der Waals surface area contributed by atoms with E-state index >= 15 is 0 Å². The molecule has 14 heteroatoms. The Kier molecular flexibility index (Phi) is 30.5. The number of rotatable bonds is 31. The number of aliphatic hydroxyl groups is 8. The van der Waals surface area contributed by atoms with Crippen molar-refractivity contribution in [3.05, 3.63) is 97.2 Å². The zero-order chi connectivity index (χ0) is 45.4. The van der Waals surface area contributed by atoms with E-state index in [1.165, 1.54) is 0 Å². The largest absolute Gasteiger partial charge is 0.394 e. The van der Waals surface area contributed by atoms with Gasteiger partial charge in [-0.3, -0.25) is 4.79 Å². The van der Waals surface area contributed by atoms with E-state index in [1.807, 2.05) is 12.2 Å². The Labute approximate surface area is 369 Å². The lowest BCUT2D eigenvalue weighted by Crippen LogP contribution is -2.65. The number of hydrogen-bond acceptors (Lipinski definition) is 13. The minimum Gasteiger partial charge on any atom is -0.394 e. The van der Waals surface area contributed by atoms with E-state index in [9.17, 15) is 45.6 Å².